The maximum atomic E-state index is 10.7. The van der Waals surface area contributed by atoms with E-state index in [0.717, 1.165) is 41.5 Å². The second-order valence-electron chi connectivity index (χ2n) is 11.4. The van der Waals surface area contributed by atoms with Crippen molar-refractivity contribution in [1.82, 2.24) is 19.6 Å². The molecule has 0 aliphatic rings. The number of methoxy groups -OCH3 is 2. The lowest BCUT2D eigenvalue weighted by molar-refractivity contribution is -0.109. The lowest BCUT2D eigenvalue weighted by Gasteiger charge is -2.14. The summed E-state index contributed by atoms with van der Waals surface area (Å²) in [6, 6.07) is 32.9. The van der Waals surface area contributed by atoms with E-state index < -0.39 is 6.29 Å². The van der Waals surface area contributed by atoms with Gasteiger partial charge in [-0.05, 0) is 85.1 Å². The lowest BCUT2D eigenvalue weighted by atomic mass is 10.1. The van der Waals surface area contributed by atoms with Crippen LogP contribution in [0.4, 0.5) is 11.4 Å². The highest BCUT2D eigenvalue weighted by atomic mass is 35.5. The summed E-state index contributed by atoms with van der Waals surface area (Å²) in [5.74, 6) is 2.58. The number of aldehydes is 1. The van der Waals surface area contributed by atoms with Gasteiger partial charge in [-0.25, -0.2) is 19.1 Å². The van der Waals surface area contributed by atoms with Crippen molar-refractivity contribution in [3.05, 3.63) is 143 Å². The van der Waals surface area contributed by atoms with E-state index in [0.29, 0.717) is 53.3 Å². The maximum Gasteiger partial charge on any atom is 0.218 e. The van der Waals surface area contributed by atoms with Gasteiger partial charge in [0.15, 0.2) is 17.7 Å². The van der Waals surface area contributed by atoms with Gasteiger partial charge in [-0.2, -0.15) is 10.2 Å². The molecule has 0 aliphatic heterocycles. The molecule has 6 rings (SSSR count). The minimum absolute atomic E-state index is 0.361. The van der Waals surface area contributed by atoms with Gasteiger partial charge in [-0.3, -0.25) is 9.59 Å². The molecule has 14 heteroatoms. The van der Waals surface area contributed by atoms with Crippen molar-refractivity contribution in [3.8, 4) is 45.8 Å². The summed E-state index contributed by atoms with van der Waals surface area (Å²) >= 11 is 4.64. The number of carbonyl (C=O) groups excluding carboxylic acids is 2. The number of aliphatic hydroxyl groups excluding tert-OH is 1. The summed E-state index contributed by atoms with van der Waals surface area (Å²) in [5.41, 5.74) is 5.95. The zero-order valence-corrected chi connectivity index (χ0v) is 33.2. The summed E-state index contributed by atoms with van der Waals surface area (Å²) in [5, 5.41) is 15.8. The molecule has 0 unspecified atom stereocenters. The number of aryl methyl sites for hydroxylation is 2. The Hall–Kier alpha value is -6.61. The number of benzene rings is 4. The Morgan fingerprint density at radius 2 is 1.14 bits per heavy atom. The summed E-state index contributed by atoms with van der Waals surface area (Å²) in [6.45, 7) is 20.9. The molecular formula is C43H43ClN6O7. The highest BCUT2D eigenvalue weighted by Crippen LogP contribution is 2.31. The van der Waals surface area contributed by atoms with Crippen molar-refractivity contribution in [2.75, 3.05) is 21.3 Å². The highest BCUT2D eigenvalue weighted by Gasteiger charge is 2.14. The SMILES string of the molecule is CC(=O)Cl.CO.[C-]#[N+]c1cccc(-c2cc(Oc3ccc(C(OC)OC)cc3)n(CC)n2)c1.[C-]#[N+]c1cccc(-c2cc(Oc3ccc(C=O)cc3)n(CC)n2)c1. The second-order valence-corrected chi connectivity index (χ2v) is 12.0. The molecule has 13 nitrogen and oxygen atoms in total. The quantitative estimate of drug-likeness (QED) is 0.0556. The third-order valence-corrected chi connectivity index (χ3v) is 7.67. The Labute approximate surface area is 337 Å². The van der Waals surface area contributed by atoms with Crippen LogP contribution in [0.1, 0.15) is 43.0 Å². The molecule has 2 aromatic heterocycles. The summed E-state index contributed by atoms with van der Waals surface area (Å²) < 4.78 is 26.0. The first-order valence-electron chi connectivity index (χ1n) is 17.4. The number of nitrogens with zero attached hydrogens (tertiary/aromatic N) is 6. The average Bonchev–Trinajstić information content (AvgIpc) is 3.86. The van der Waals surface area contributed by atoms with Crippen molar-refractivity contribution >= 4 is 34.5 Å². The molecule has 0 fully saturated rings. The average molecular weight is 791 g/mol. The van der Waals surface area contributed by atoms with Crippen LogP contribution in [0, 0.1) is 13.1 Å². The first kappa shape index (κ1) is 44.8. The van der Waals surface area contributed by atoms with Gasteiger partial charge < -0.3 is 24.1 Å². The highest BCUT2D eigenvalue weighted by molar-refractivity contribution is 6.62. The zero-order valence-electron chi connectivity index (χ0n) is 32.4. The van der Waals surface area contributed by atoms with Gasteiger partial charge >= 0.3 is 0 Å². The smallest absolute Gasteiger partial charge is 0.218 e. The second kappa shape index (κ2) is 23.3. The van der Waals surface area contributed by atoms with Crippen molar-refractivity contribution < 1.29 is 33.6 Å². The molecule has 0 saturated heterocycles. The predicted molar refractivity (Wildman–Crippen MR) is 219 cm³/mol. The van der Waals surface area contributed by atoms with Gasteiger partial charge in [0, 0.05) is 64.6 Å². The molecule has 0 saturated carbocycles. The van der Waals surface area contributed by atoms with E-state index >= 15 is 0 Å². The Balaban J connectivity index is 0.000000270. The van der Waals surface area contributed by atoms with E-state index in [1.165, 1.54) is 6.92 Å². The molecule has 0 atom stereocenters. The first-order valence-corrected chi connectivity index (χ1v) is 17.8. The van der Waals surface area contributed by atoms with Crippen LogP contribution >= 0.6 is 11.6 Å². The van der Waals surface area contributed by atoms with E-state index in [4.69, 9.17) is 37.2 Å². The molecule has 6 aromatic rings. The number of rotatable bonds is 12. The monoisotopic (exact) mass is 790 g/mol. The summed E-state index contributed by atoms with van der Waals surface area (Å²) in [6.07, 6.45) is 0.393. The number of aliphatic hydroxyl groups is 1. The Morgan fingerprint density at radius 3 is 1.49 bits per heavy atom. The van der Waals surface area contributed by atoms with Gasteiger partial charge in [-0.1, -0.05) is 48.5 Å². The van der Waals surface area contributed by atoms with Gasteiger partial charge in [0.05, 0.1) is 24.5 Å². The van der Waals surface area contributed by atoms with Crippen LogP contribution in [0.15, 0.2) is 109 Å². The van der Waals surface area contributed by atoms with Crippen LogP contribution in [0.3, 0.4) is 0 Å². The molecule has 57 heavy (non-hydrogen) atoms. The Bertz CT molecular complexity index is 2270. The number of aromatic nitrogens is 4. The van der Waals surface area contributed by atoms with Gasteiger partial charge in [0.2, 0.25) is 17.0 Å². The van der Waals surface area contributed by atoms with Gasteiger partial charge in [0.25, 0.3) is 0 Å². The Kier molecular flexibility index (Phi) is 18.3. The van der Waals surface area contributed by atoms with Crippen LogP contribution in [0.25, 0.3) is 32.2 Å². The van der Waals surface area contributed by atoms with E-state index in [9.17, 15) is 9.59 Å². The maximum absolute atomic E-state index is 10.7. The van der Waals surface area contributed by atoms with Crippen LogP contribution in [-0.4, -0.2) is 57.5 Å². The molecule has 0 amide bonds. The number of halogens is 1. The molecule has 0 radical (unpaired) electrons. The standard InChI is InChI=1S/C21H21N3O3.C19H15N3O2.C2H3ClO.CH4O/c1-5-24-20(14-19(23-24)16-7-6-8-17(13-16)22-2)27-18-11-9-15(10-12-18)21(25-3)26-4;1-3-22-19(24-17-9-7-14(13-23)8-10-17)12-18(21-22)15-5-4-6-16(11-15)20-2;1-2(3)4;1-2/h6-14,21H,5H2,1,3-4H3;4-13H,3H2,1H3;1H3;2H,1H3. The van der Waals surface area contributed by atoms with E-state index in [1.807, 2.05) is 80.6 Å². The summed E-state index contributed by atoms with van der Waals surface area (Å²) in [4.78, 5) is 26.8. The van der Waals surface area contributed by atoms with Crippen molar-refractivity contribution in [3.63, 3.8) is 0 Å². The topological polar surface area (TPSA) is 136 Å². The number of carbonyl (C=O) groups is 2. The minimum atomic E-state index is -0.401. The molecular weight excluding hydrogens is 748 g/mol. The fraction of sp³-hybridized carbons (Fsp3) is 0.209. The van der Waals surface area contributed by atoms with E-state index in [1.54, 1.807) is 66.0 Å². The molecule has 2 heterocycles. The normalized spacial score (nSPS) is 9.95. The number of ether oxygens (including phenoxy) is 4. The van der Waals surface area contributed by atoms with E-state index in [-0.39, 0.29) is 5.24 Å². The van der Waals surface area contributed by atoms with Crippen LogP contribution in [0.5, 0.6) is 23.3 Å². The third-order valence-electron chi connectivity index (χ3n) is 7.67. The molecule has 1 N–H and O–H groups in total. The summed E-state index contributed by atoms with van der Waals surface area (Å²) in [7, 11) is 4.20. The van der Waals surface area contributed by atoms with Crippen LogP contribution < -0.4 is 9.47 Å². The predicted octanol–water partition coefficient (Wildman–Crippen LogP) is 10.3. The largest absolute Gasteiger partial charge is 0.439 e. The number of hydrogen-bond acceptors (Lipinski definition) is 9. The lowest BCUT2D eigenvalue weighted by Crippen LogP contribution is -2.03. The van der Waals surface area contributed by atoms with Crippen molar-refractivity contribution in [2.24, 2.45) is 0 Å². The molecule has 294 valence electrons. The van der Waals surface area contributed by atoms with Crippen LogP contribution in [-0.2, 0) is 27.4 Å². The molecule has 4 aromatic carbocycles. The van der Waals surface area contributed by atoms with Crippen molar-refractivity contribution in [2.45, 2.75) is 40.2 Å². The molecule has 0 aliphatic carbocycles. The minimum Gasteiger partial charge on any atom is -0.439 e. The third kappa shape index (κ3) is 13.3. The first-order chi connectivity index (χ1) is 27.6. The van der Waals surface area contributed by atoms with Gasteiger partial charge in [0.1, 0.15) is 17.8 Å². The molecule has 0 bridgehead atoms. The number of hydrogen-bond donors (Lipinski definition) is 1. The van der Waals surface area contributed by atoms with Gasteiger partial charge in [-0.15, -0.1) is 0 Å². The fourth-order valence-corrected chi connectivity index (χ4v) is 5.09. The fourth-order valence-electron chi connectivity index (χ4n) is 5.09. The Morgan fingerprint density at radius 1 is 0.737 bits per heavy atom. The van der Waals surface area contributed by atoms with Crippen LogP contribution in [0.2, 0.25) is 0 Å². The van der Waals surface area contributed by atoms with E-state index in [2.05, 4.69) is 31.5 Å². The molecule has 0 spiro atoms. The van der Waals surface area contributed by atoms with Crippen molar-refractivity contribution in [1.29, 1.82) is 0 Å². The zero-order chi connectivity index (χ0) is 41.7.